The van der Waals surface area contributed by atoms with Gasteiger partial charge < -0.3 is 5.21 Å². The SMILES string of the molecule is O=C1NNCC1c1ccc[n+]([O-])c1. The van der Waals surface area contributed by atoms with Crippen molar-refractivity contribution in [1.29, 1.82) is 0 Å². The van der Waals surface area contributed by atoms with Crippen LogP contribution < -0.4 is 15.6 Å². The van der Waals surface area contributed by atoms with Crippen molar-refractivity contribution in [2.75, 3.05) is 6.54 Å². The summed E-state index contributed by atoms with van der Waals surface area (Å²) >= 11 is 0. The van der Waals surface area contributed by atoms with Crippen LogP contribution in [0.4, 0.5) is 0 Å². The molecule has 2 rings (SSSR count). The molecule has 0 bridgehead atoms. The molecule has 1 aliphatic heterocycles. The molecule has 68 valence electrons. The number of nitrogens with one attached hydrogen (secondary N) is 2. The third-order valence-corrected chi connectivity index (χ3v) is 2.03. The summed E-state index contributed by atoms with van der Waals surface area (Å²) in [6, 6.07) is 3.40. The van der Waals surface area contributed by atoms with Gasteiger partial charge in [0.05, 0.1) is 5.92 Å². The second-order valence-electron chi connectivity index (χ2n) is 2.92. The summed E-state index contributed by atoms with van der Waals surface area (Å²) in [6.45, 7) is 0.531. The highest BCUT2D eigenvalue weighted by molar-refractivity contribution is 5.85. The van der Waals surface area contributed by atoms with E-state index in [-0.39, 0.29) is 11.8 Å². The van der Waals surface area contributed by atoms with Crippen LogP contribution >= 0.6 is 0 Å². The molecule has 1 atom stereocenters. The lowest BCUT2D eigenvalue weighted by Gasteiger charge is -2.04. The van der Waals surface area contributed by atoms with Gasteiger partial charge in [0.2, 0.25) is 5.91 Å². The predicted molar refractivity (Wildman–Crippen MR) is 44.3 cm³/mol. The zero-order valence-electron chi connectivity index (χ0n) is 6.86. The maximum atomic E-state index is 11.2. The molecular weight excluding hydrogens is 170 g/mol. The molecule has 13 heavy (non-hydrogen) atoms. The molecule has 2 heterocycles. The van der Waals surface area contributed by atoms with Crippen LogP contribution in [0.15, 0.2) is 24.5 Å². The first-order chi connectivity index (χ1) is 6.27. The van der Waals surface area contributed by atoms with Crippen LogP contribution in [-0.4, -0.2) is 12.5 Å². The summed E-state index contributed by atoms with van der Waals surface area (Å²) in [5.74, 6) is -0.340. The van der Waals surface area contributed by atoms with Gasteiger partial charge in [0.25, 0.3) is 0 Å². The van der Waals surface area contributed by atoms with Gasteiger partial charge in [0, 0.05) is 18.2 Å². The van der Waals surface area contributed by atoms with E-state index in [0.29, 0.717) is 11.3 Å². The van der Waals surface area contributed by atoms with Crippen molar-refractivity contribution in [3.8, 4) is 0 Å². The number of hydrazine groups is 1. The van der Waals surface area contributed by atoms with Gasteiger partial charge in [0.15, 0.2) is 12.4 Å². The molecule has 0 spiro atoms. The normalized spacial score (nSPS) is 21.5. The van der Waals surface area contributed by atoms with Crippen LogP contribution in [0.2, 0.25) is 0 Å². The van der Waals surface area contributed by atoms with Gasteiger partial charge >= 0.3 is 0 Å². The van der Waals surface area contributed by atoms with Gasteiger partial charge in [-0.15, -0.1) is 0 Å². The van der Waals surface area contributed by atoms with Gasteiger partial charge in [-0.2, -0.15) is 4.73 Å². The van der Waals surface area contributed by atoms with E-state index >= 15 is 0 Å². The summed E-state index contributed by atoms with van der Waals surface area (Å²) in [5, 5.41) is 10.9. The largest absolute Gasteiger partial charge is 0.619 e. The summed E-state index contributed by atoms with van der Waals surface area (Å²) in [7, 11) is 0. The maximum Gasteiger partial charge on any atom is 0.243 e. The zero-order valence-corrected chi connectivity index (χ0v) is 6.86. The lowest BCUT2D eigenvalue weighted by Crippen LogP contribution is -2.27. The Balaban J connectivity index is 2.29. The van der Waals surface area contributed by atoms with E-state index in [4.69, 9.17) is 0 Å². The fourth-order valence-corrected chi connectivity index (χ4v) is 1.37. The van der Waals surface area contributed by atoms with Crippen molar-refractivity contribution in [1.82, 2.24) is 10.9 Å². The smallest absolute Gasteiger partial charge is 0.243 e. The topological polar surface area (TPSA) is 68.1 Å². The van der Waals surface area contributed by atoms with Crippen molar-refractivity contribution in [2.45, 2.75) is 5.92 Å². The molecular formula is C8H9N3O2. The molecule has 1 unspecified atom stereocenters. The molecule has 1 aliphatic rings. The van der Waals surface area contributed by atoms with Gasteiger partial charge in [0.1, 0.15) is 0 Å². The quantitative estimate of drug-likeness (QED) is 0.431. The predicted octanol–water partition coefficient (Wildman–Crippen LogP) is -0.962. The van der Waals surface area contributed by atoms with E-state index < -0.39 is 0 Å². The number of hydrogen-bond acceptors (Lipinski definition) is 3. The minimum Gasteiger partial charge on any atom is -0.619 e. The van der Waals surface area contributed by atoms with E-state index in [1.54, 1.807) is 12.1 Å². The molecule has 1 aromatic rings. The maximum absolute atomic E-state index is 11.2. The lowest BCUT2D eigenvalue weighted by atomic mass is 10.0. The van der Waals surface area contributed by atoms with E-state index in [1.807, 2.05) is 0 Å². The lowest BCUT2D eigenvalue weighted by molar-refractivity contribution is -0.605. The molecule has 0 radical (unpaired) electrons. The number of pyridine rings is 1. The summed E-state index contributed by atoms with van der Waals surface area (Å²) in [6.07, 6.45) is 2.81. The van der Waals surface area contributed by atoms with Gasteiger partial charge in [-0.3, -0.25) is 10.2 Å². The summed E-state index contributed by atoms with van der Waals surface area (Å²) in [4.78, 5) is 11.2. The molecule has 0 saturated carbocycles. The van der Waals surface area contributed by atoms with Crippen LogP contribution in [0.5, 0.6) is 0 Å². The Morgan fingerprint density at radius 3 is 3.08 bits per heavy atom. The third-order valence-electron chi connectivity index (χ3n) is 2.03. The standard InChI is InChI=1S/C8H9N3O2/c12-8-7(4-9-10-8)6-2-1-3-11(13)5-6/h1-3,5,7,9H,4H2,(H,10,12). The van der Waals surface area contributed by atoms with Crippen LogP contribution in [0.3, 0.4) is 0 Å². The first kappa shape index (κ1) is 8.00. The summed E-state index contributed by atoms with van der Waals surface area (Å²) < 4.78 is 0.695. The highest BCUT2D eigenvalue weighted by Crippen LogP contribution is 2.15. The molecule has 0 aliphatic carbocycles. The number of amides is 1. The number of carbonyl (C=O) groups is 1. The van der Waals surface area contributed by atoms with Crippen molar-refractivity contribution in [2.24, 2.45) is 0 Å². The molecule has 1 aromatic heterocycles. The number of aromatic nitrogens is 1. The highest BCUT2D eigenvalue weighted by atomic mass is 16.5. The van der Waals surface area contributed by atoms with Crippen molar-refractivity contribution in [3.05, 3.63) is 35.3 Å². The molecule has 5 heteroatoms. The number of nitrogens with zero attached hydrogens (tertiary/aromatic N) is 1. The fraction of sp³-hybridized carbons (Fsp3) is 0.250. The molecule has 5 nitrogen and oxygen atoms in total. The average molecular weight is 179 g/mol. The Kier molecular flexibility index (Phi) is 1.86. The highest BCUT2D eigenvalue weighted by Gasteiger charge is 2.26. The van der Waals surface area contributed by atoms with E-state index in [1.165, 1.54) is 12.4 Å². The summed E-state index contributed by atoms with van der Waals surface area (Å²) in [5.41, 5.74) is 5.95. The van der Waals surface area contributed by atoms with Crippen molar-refractivity contribution < 1.29 is 9.52 Å². The molecule has 2 N–H and O–H groups in total. The number of rotatable bonds is 1. The van der Waals surface area contributed by atoms with Crippen LogP contribution in [0, 0.1) is 5.21 Å². The van der Waals surface area contributed by atoms with Crippen LogP contribution in [0.25, 0.3) is 0 Å². The number of carbonyl (C=O) groups excluding carboxylic acids is 1. The van der Waals surface area contributed by atoms with Gasteiger partial charge in [-0.05, 0) is 6.07 Å². The first-order valence-electron chi connectivity index (χ1n) is 3.99. The van der Waals surface area contributed by atoms with Crippen molar-refractivity contribution >= 4 is 5.91 Å². The second-order valence-corrected chi connectivity index (χ2v) is 2.92. The van der Waals surface area contributed by atoms with Crippen molar-refractivity contribution in [3.63, 3.8) is 0 Å². The van der Waals surface area contributed by atoms with Crippen LogP contribution in [-0.2, 0) is 4.79 Å². The minimum absolute atomic E-state index is 0.0915. The van der Waals surface area contributed by atoms with Gasteiger partial charge in [-0.25, -0.2) is 5.43 Å². The van der Waals surface area contributed by atoms with E-state index in [2.05, 4.69) is 10.9 Å². The monoisotopic (exact) mass is 179 g/mol. The number of hydrogen-bond donors (Lipinski definition) is 2. The second kappa shape index (κ2) is 3.02. The Labute approximate surface area is 74.9 Å². The first-order valence-corrected chi connectivity index (χ1v) is 3.99. The average Bonchev–Trinajstić information content (AvgIpc) is 2.51. The van der Waals surface area contributed by atoms with E-state index in [0.717, 1.165) is 5.56 Å². The molecule has 1 fully saturated rings. The Morgan fingerprint density at radius 1 is 1.62 bits per heavy atom. The van der Waals surface area contributed by atoms with Crippen LogP contribution in [0.1, 0.15) is 11.5 Å². The van der Waals surface area contributed by atoms with E-state index in [9.17, 15) is 10.0 Å². The fourth-order valence-electron chi connectivity index (χ4n) is 1.37. The Hall–Kier alpha value is -1.62. The zero-order chi connectivity index (χ0) is 9.26. The Morgan fingerprint density at radius 2 is 2.46 bits per heavy atom. The molecule has 1 saturated heterocycles. The minimum atomic E-state index is -0.249. The van der Waals surface area contributed by atoms with Gasteiger partial charge in [-0.1, -0.05) is 0 Å². The third kappa shape index (κ3) is 1.46. The molecule has 1 amide bonds. The molecule has 0 aromatic carbocycles. The Bertz CT molecular complexity index is 340.